The van der Waals surface area contributed by atoms with E-state index in [4.69, 9.17) is 14.2 Å². The molecule has 0 saturated carbocycles. The first-order valence-corrected chi connectivity index (χ1v) is 18.0. The third kappa shape index (κ3) is 9.37. The Morgan fingerprint density at radius 2 is 1.15 bits per heavy atom. The molecule has 48 heavy (non-hydrogen) atoms. The lowest BCUT2D eigenvalue weighted by Crippen LogP contribution is -2.51. The summed E-state index contributed by atoms with van der Waals surface area (Å²) in [4.78, 5) is 16.5. The Labute approximate surface area is 288 Å². The summed E-state index contributed by atoms with van der Waals surface area (Å²) in [6.07, 6.45) is 5.69. The van der Waals surface area contributed by atoms with Crippen LogP contribution in [0.5, 0.6) is 11.5 Å². The number of benzene rings is 3. The minimum atomic E-state index is -0.450. The number of hydrogen-bond acceptors (Lipinski definition) is 7. The van der Waals surface area contributed by atoms with Crippen LogP contribution in [0, 0.1) is 0 Å². The maximum Gasteiger partial charge on any atom is 0.410 e. The number of anilines is 2. The van der Waals surface area contributed by atoms with Gasteiger partial charge in [-0.2, -0.15) is 0 Å². The number of hydrogen-bond donors (Lipinski definition) is 2. The Balaban J connectivity index is 0.000000179. The van der Waals surface area contributed by atoms with E-state index in [0.29, 0.717) is 13.1 Å². The van der Waals surface area contributed by atoms with E-state index in [2.05, 4.69) is 70.1 Å². The van der Waals surface area contributed by atoms with Gasteiger partial charge in [-0.05, 0) is 63.4 Å². The SMILES string of the molecule is CC.CC(C)(C)OC(=O)N1CCC2(CCNc3ccccc3O2)CC1.c1ccc(CN2CCC3(CCNc4ccccc4O3)CC2)cc1. The van der Waals surface area contributed by atoms with E-state index >= 15 is 0 Å². The van der Waals surface area contributed by atoms with Gasteiger partial charge in [0.05, 0.1) is 11.4 Å². The second-order valence-electron chi connectivity index (χ2n) is 14.1. The third-order valence-corrected chi connectivity index (χ3v) is 9.56. The first kappa shape index (κ1) is 35.4. The maximum absolute atomic E-state index is 12.2. The van der Waals surface area contributed by atoms with Gasteiger partial charge in [0.15, 0.2) is 0 Å². The fraction of sp³-hybridized carbons (Fsp3) is 0.525. The van der Waals surface area contributed by atoms with Crippen LogP contribution in [-0.4, -0.2) is 72.0 Å². The molecule has 3 aromatic carbocycles. The van der Waals surface area contributed by atoms with Crippen molar-refractivity contribution in [2.24, 2.45) is 0 Å². The van der Waals surface area contributed by atoms with Gasteiger partial charge in [-0.1, -0.05) is 68.4 Å². The van der Waals surface area contributed by atoms with E-state index in [1.165, 1.54) is 5.56 Å². The van der Waals surface area contributed by atoms with Crippen LogP contribution in [-0.2, 0) is 11.3 Å². The number of piperidine rings is 2. The number of amides is 1. The molecular formula is C40H56N4O4. The number of fused-ring (bicyclic) bond motifs is 2. The standard InChI is InChI=1S/C20H24N2O.C18H26N2O3.C2H6/c1-2-6-17(7-3-1)16-22-14-11-20(12-15-22)10-13-21-18-8-4-5-9-19(18)23-20;1-17(2,3)23-16(21)20-12-9-18(10-13-20)8-11-19-14-6-4-5-7-15(14)22-18;1-2/h1-9,21H,10-16H2;4-7,19H,8-13H2,1-3H3;1-2H3. The minimum absolute atomic E-state index is 0.00674. The normalized spacial score (nSPS) is 19.4. The molecule has 2 saturated heterocycles. The number of rotatable bonds is 2. The monoisotopic (exact) mass is 656 g/mol. The summed E-state index contributed by atoms with van der Waals surface area (Å²) >= 11 is 0. The van der Waals surface area contributed by atoms with Crippen molar-refractivity contribution in [1.82, 2.24) is 9.80 Å². The molecule has 4 aliphatic heterocycles. The predicted molar refractivity (Wildman–Crippen MR) is 195 cm³/mol. The van der Waals surface area contributed by atoms with Gasteiger partial charge in [-0.15, -0.1) is 0 Å². The van der Waals surface area contributed by atoms with E-state index in [1.54, 1.807) is 4.90 Å². The van der Waals surface area contributed by atoms with Crippen LogP contribution in [0.1, 0.15) is 78.7 Å². The Kier molecular flexibility index (Phi) is 11.8. The molecule has 0 atom stereocenters. The molecule has 260 valence electrons. The summed E-state index contributed by atoms with van der Waals surface area (Å²) in [7, 11) is 0. The average Bonchev–Trinajstić information content (AvgIpc) is 3.38. The molecule has 0 radical (unpaired) electrons. The molecule has 1 amide bonds. The maximum atomic E-state index is 12.2. The zero-order valence-corrected chi connectivity index (χ0v) is 29.7. The molecule has 7 rings (SSSR count). The van der Waals surface area contributed by atoms with Crippen molar-refractivity contribution in [1.29, 1.82) is 0 Å². The van der Waals surface area contributed by atoms with Crippen LogP contribution in [0.2, 0.25) is 0 Å². The van der Waals surface area contributed by atoms with Gasteiger partial charge >= 0.3 is 6.09 Å². The summed E-state index contributed by atoms with van der Waals surface area (Å²) in [5.41, 5.74) is 2.96. The van der Waals surface area contributed by atoms with Crippen LogP contribution in [0.25, 0.3) is 0 Å². The molecule has 4 aliphatic rings. The highest BCUT2D eigenvalue weighted by molar-refractivity contribution is 5.68. The molecule has 0 bridgehead atoms. The predicted octanol–water partition coefficient (Wildman–Crippen LogP) is 8.59. The molecular weight excluding hydrogens is 600 g/mol. The number of carbonyl (C=O) groups excluding carboxylic acids is 1. The van der Waals surface area contributed by atoms with Gasteiger partial charge in [0.1, 0.15) is 28.3 Å². The van der Waals surface area contributed by atoms with E-state index in [0.717, 1.165) is 94.1 Å². The Morgan fingerprint density at radius 1 is 0.688 bits per heavy atom. The molecule has 0 aromatic heterocycles. The summed E-state index contributed by atoms with van der Waals surface area (Å²) in [6, 6.07) is 27.1. The van der Waals surface area contributed by atoms with Gasteiger partial charge < -0.3 is 29.7 Å². The van der Waals surface area contributed by atoms with E-state index in [9.17, 15) is 4.79 Å². The van der Waals surface area contributed by atoms with Crippen molar-refractivity contribution in [3.8, 4) is 11.5 Å². The quantitative estimate of drug-likeness (QED) is 0.286. The molecule has 0 aliphatic carbocycles. The molecule has 2 N–H and O–H groups in total. The fourth-order valence-electron chi connectivity index (χ4n) is 6.91. The van der Waals surface area contributed by atoms with E-state index in [-0.39, 0.29) is 17.3 Å². The van der Waals surface area contributed by atoms with Crippen LogP contribution in [0.15, 0.2) is 78.9 Å². The summed E-state index contributed by atoms with van der Waals surface area (Å²) in [5, 5.41) is 6.94. The first-order valence-electron chi connectivity index (χ1n) is 18.0. The zero-order valence-electron chi connectivity index (χ0n) is 29.7. The molecule has 8 heteroatoms. The largest absolute Gasteiger partial charge is 0.485 e. The van der Waals surface area contributed by atoms with E-state index in [1.807, 2.05) is 58.9 Å². The zero-order chi connectivity index (χ0) is 34.0. The fourth-order valence-corrected chi connectivity index (χ4v) is 6.91. The van der Waals surface area contributed by atoms with Crippen LogP contribution in [0.3, 0.4) is 0 Å². The van der Waals surface area contributed by atoms with Crippen molar-refractivity contribution in [2.75, 3.05) is 49.9 Å². The number of nitrogens with one attached hydrogen (secondary N) is 2. The Hall–Kier alpha value is -3.91. The number of likely N-dealkylation sites (tertiary alicyclic amines) is 2. The highest BCUT2D eigenvalue weighted by Crippen LogP contribution is 2.39. The second-order valence-corrected chi connectivity index (χ2v) is 14.1. The molecule has 0 unspecified atom stereocenters. The smallest absolute Gasteiger partial charge is 0.410 e. The highest BCUT2D eigenvalue weighted by Gasteiger charge is 2.40. The molecule has 8 nitrogen and oxygen atoms in total. The van der Waals surface area contributed by atoms with Crippen molar-refractivity contribution < 1.29 is 19.0 Å². The van der Waals surface area contributed by atoms with Crippen molar-refractivity contribution >= 4 is 17.5 Å². The number of ether oxygens (including phenoxy) is 3. The van der Waals surface area contributed by atoms with Gasteiger partial charge in [0.25, 0.3) is 0 Å². The summed E-state index contributed by atoms with van der Waals surface area (Å²) < 4.78 is 18.3. The molecule has 4 heterocycles. The lowest BCUT2D eigenvalue weighted by Gasteiger charge is -2.41. The van der Waals surface area contributed by atoms with Crippen molar-refractivity contribution in [3.63, 3.8) is 0 Å². The van der Waals surface area contributed by atoms with Gasteiger partial charge in [0.2, 0.25) is 0 Å². The topological polar surface area (TPSA) is 75.3 Å². The molecule has 2 fully saturated rings. The Bertz CT molecular complexity index is 1440. The summed E-state index contributed by atoms with van der Waals surface area (Å²) in [5.74, 6) is 1.93. The van der Waals surface area contributed by atoms with Crippen molar-refractivity contribution in [2.45, 2.75) is 96.5 Å². The average molecular weight is 657 g/mol. The van der Waals surface area contributed by atoms with E-state index < -0.39 is 5.60 Å². The second kappa shape index (κ2) is 16.0. The lowest BCUT2D eigenvalue weighted by atomic mass is 9.87. The summed E-state index contributed by atoms with van der Waals surface area (Å²) in [6.45, 7) is 16.2. The number of para-hydroxylation sites is 4. The number of carbonyl (C=O) groups is 1. The van der Waals surface area contributed by atoms with Gasteiger partial charge in [-0.3, -0.25) is 4.90 Å². The molecule has 2 spiro atoms. The van der Waals surface area contributed by atoms with Crippen LogP contribution >= 0.6 is 0 Å². The van der Waals surface area contributed by atoms with Crippen LogP contribution < -0.4 is 20.1 Å². The minimum Gasteiger partial charge on any atom is -0.485 e. The highest BCUT2D eigenvalue weighted by atomic mass is 16.6. The van der Waals surface area contributed by atoms with Gasteiger partial charge in [-0.25, -0.2) is 4.79 Å². The van der Waals surface area contributed by atoms with Crippen LogP contribution in [0.4, 0.5) is 16.2 Å². The molecule has 3 aromatic rings. The van der Waals surface area contributed by atoms with Gasteiger partial charge in [0, 0.05) is 71.5 Å². The van der Waals surface area contributed by atoms with Crippen molar-refractivity contribution in [3.05, 3.63) is 84.4 Å². The number of nitrogens with zero attached hydrogens (tertiary/aromatic N) is 2. The first-order chi connectivity index (χ1) is 23.2. The Morgan fingerprint density at radius 3 is 1.65 bits per heavy atom. The lowest BCUT2D eigenvalue weighted by molar-refractivity contribution is -0.0184. The third-order valence-electron chi connectivity index (χ3n) is 9.56.